The normalized spacial score (nSPS) is 24.3. The third kappa shape index (κ3) is 2.98. The second-order valence-electron chi connectivity index (χ2n) is 5.96. The molecule has 0 aromatic heterocycles. The van der Waals surface area contributed by atoms with E-state index in [2.05, 4.69) is 0 Å². The van der Waals surface area contributed by atoms with Gasteiger partial charge in [-0.25, -0.2) is 0 Å². The molecule has 3 nitrogen and oxygen atoms in total. The number of amides is 1. The molecule has 104 valence electrons. The van der Waals surface area contributed by atoms with E-state index in [0.717, 1.165) is 5.56 Å². The minimum atomic E-state index is -0.488. The SMILES string of the molecule is CC1CN(C(=O)C(C)(C)c2ccccc2)CC(C)O1. The van der Waals surface area contributed by atoms with E-state index in [-0.39, 0.29) is 18.1 Å². The van der Waals surface area contributed by atoms with Crippen LogP contribution in [0.4, 0.5) is 0 Å². The van der Waals surface area contributed by atoms with E-state index in [9.17, 15) is 4.79 Å². The smallest absolute Gasteiger partial charge is 0.232 e. The van der Waals surface area contributed by atoms with Gasteiger partial charge in [-0.2, -0.15) is 0 Å². The molecule has 1 aromatic carbocycles. The number of carbonyl (C=O) groups is 1. The van der Waals surface area contributed by atoms with Gasteiger partial charge in [0.2, 0.25) is 5.91 Å². The van der Waals surface area contributed by atoms with E-state index < -0.39 is 5.41 Å². The molecule has 0 radical (unpaired) electrons. The summed E-state index contributed by atoms with van der Waals surface area (Å²) in [4.78, 5) is 14.7. The number of hydrogen-bond acceptors (Lipinski definition) is 2. The summed E-state index contributed by atoms with van der Waals surface area (Å²) in [6, 6.07) is 9.98. The highest BCUT2D eigenvalue weighted by Gasteiger charge is 2.36. The molecule has 2 rings (SSSR count). The van der Waals surface area contributed by atoms with Crippen molar-refractivity contribution in [3.8, 4) is 0 Å². The predicted molar refractivity (Wildman–Crippen MR) is 76.1 cm³/mol. The first kappa shape index (κ1) is 14.1. The molecule has 1 amide bonds. The van der Waals surface area contributed by atoms with Crippen molar-refractivity contribution in [1.29, 1.82) is 0 Å². The Hall–Kier alpha value is -1.35. The van der Waals surface area contributed by atoms with Gasteiger partial charge in [-0.15, -0.1) is 0 Å². The Labute approximate surface area is 115 Å². The molecular formula is C16H23NO2. The average Bonchev–Trinajstić information content (AvgIpc) is 2.37. The molecular weight excluding hydrogens is 238 g/mol. The van der Waals surface area contributed by atoms with Crippen LogP contribution in [-0.2, 0) is 14.9 Å². The zero-order valence-corrected chi connectivity index (χ0v) is 12.2. The topological polar surface area (TPSA) is 29.5 Å². The van der Waals surface area contributed by atoms with Crippen LogP contribution in [0.3, 0.4) is 0 Å². The molecule has 1 aliphatic heterocycles. The average molecular weight is 261 g/mol. The quantitative estimate of drug-likeness (QED) is 0.819. The van der Waals surface area contributed by atoms with Gasteiger partial charge in [0.05, 0.1) is 17.6 Å². The first-order valence-corrected chi connectivity index (χ1v) is 6.91. The third-order valence-electron chi connectivity index (χ3n) is 3.74. The highest BCUT2D eigenvalue weighted by Crippen LogP contribution is 2.27. The zero-order valence-electron chi connectivity index (χ0n) is 12.2. The van der Waals surface area contributed by atoms with Gasteiger partial charge in [0.15, 0.2) is 0 Å². The summed E-state index contributed by atoms with van der Waals surface area (Å²) in [5.41, 5.74) is 0.574. The van der Waals surface area contributed by atoms with E-state index in [1.165, 1.54) is 0 Å². The molecule has 0 N–H and O–H groups in total. The molecule has 0 saturated carbocycles. The molecule has 3 heteroatoms. The van der Waals surface area contributed by atoms with Gasteiger partial charge in [0.25, 0.3) is 0 Å². The van der Waals surface area contributed by atoms with Crippen LogP contribution in [0, 0.1) is 0 Å². The van der Waals surface area contributed by atoms with Gasteiger partial charge in [0.1, 0.15) is 0 Å². The van der Waals surface area contributed by atoms with E-state index in [4.69, 9.17) is 4.74 Å². The number of carbonyl (C=O) groups excluding carboxylic acids is 1. The van der Waals surface area contributed by atoms with E-state index in [1.54, 1.807) is 0 Å². The summed E-state index contributed by atoms with van der Waals surface area (Å²) in [5, 5.41) is 0. The minimum absolute atomic E-state index is 0.110. The summed E-state index contributed by atoms with van der Waals surface area (Å²) in [5.74, 6) is 0.181. The number of ether oxygens (including phenoxy) is 1. The highest BCUT2D eigenvalue weighted by atomic mass is 16.5. The molecule has 1 aliphatic rings. The Bertz CT molecular complexity index is 431. The highest BCUT2D eigenvalue weighted by molar-refractivity contribution is 5.87. The largest absolute Gasteiger partial charge is 0.372 e. The zero-order chi connectivity index (χ0) is 14.0. The van der Waals surface area contributed by atoms with E-state index in [1.807, 2.05) is 62.9 Å². The number of rotatable bonds is 2. The van der Waals surface area contributed by atoms with Crippen molar-refractivity contribution in [3.05, 3.63) is 35.9 Å². The first-order chi connectivity index (χ1) is 8.91. The number of nitrogens with zero attached hydrogens (tertiary/aromatic N) is 1. The summed E-state index contributed by atoms with van der Waals surface area (Å²) < 4.78 is 5.69. The van der Waals surface area contributed by atoms with Crippen LogP contribution >= 0.6 is 0 Å². The van der Waals surface area contributed by atoms with Crippen LogP contribution in [0.25, 0.3) is 0 Å². The fourth-order valence-electron chi connectivity index (χ4n) is 2.72. The lowest BCUT2D eigenvalue weighted by molar-refractivity contribution is -0.148. The predicted octanol–water partition coefficient (Wildman–Crippen LogP) is 2.60. The summed E-state index contributed by atoms with van der Waals surface area (Å²) >= 11 is 0. The molecule has 0 spiro atoms. The van der Waals surface area contributed by atoms with Gasteiger partial charge < -0.3 is 9.64 Å². The van der Waals surface area contributed by atoms with Crippen LogP contribution in [0.15, 0.2) is 30.3 Å². The van der Waals surface area contributed by atoms with Crippen LogP contribution in [0.5, 0.6) is 0 Å². The molecule has 1 fully saturated rings. The van der Waals surface area contributed by atoms with Gasteiger partial charge >= 0.3 is 0 Å². The lowest BCUT2D eigenvalue weighted by Gasteiger charge is -2.39. The Morgan fingerprint density at radius 3 is 2.21 bits per heavy atom. The third-order valence-corrected chi connectivity index (χ3v) is 3.74. The summed E-state index contributed by atoms with van der Waals surface area (Å²) in [7, 11) is 0. The molecule has 0 bridgehead atoms. The van der Waals surface area contributed by atoms with E-state index in [0.29, 0.717) is 13.1 Å². The molecule has 0 aliphatic carbocycles. The maximum Gasteiger partial charge on any atom is 0.232 e. The van der Waals surface area contributed by atoms with Gasteiger partial charge in [-0.3, -0.25) is 4.79 Å². The van der Waals surface area contributed by atoms with Crippen LogP contribution in [0.1, 0.15) is 33.3 Å². The number of hydrogen-bond donors (Lipinski definition) is 0. The lowest BCUT2D eigenvalue weighted by atomic mass is 9.83. The van der Waals surface area contributed by atoms with Crippen LogP contribution in [0.2, 0.25) is 0 Å². The number of morpholine rings is 1. The van der Waals surface area contributed by atoms with Gasteiger partial charge in [0, 0.05) is 13.1 Å². The van der Waals surface area contributed by atoms with E-state index >= 15 is 0 Å². The van der Waals surface area contributed by atoms with Crippen LogP contribution in [-0.4, -0.2) is 36.1 Å². The summed E-state index contributed by atoms with van der Waals surface area (Å²) in [6.45, 7) is 9.39. The molecule has 2 atom stereocenters. The maximum atomic E-state index is 12.8. The fraction of sp³-hybridized carbons (Fsp3) is 0.562. The van der Waals surface area contributed by atoms with Crippen molar-refractivity contribution in [2.45, 2.75) is 45.3 Å². The van der Waals surface area contributed by atoms with Crippen LogP contribution < -0.4 is 0 Å². The molecule has 2 unspecified atom stereocenters. The van der Waals surface area contributed by atoms with Crippen molar-refractivity contribution in [1.82, 2.24) is 4.90 Å². The van der Waals surface area contributed by atoms with Crippen molar-refractivity contribution >= 4 is 5.91 Å². The Morgan fingerprint density at radius 1 is 1.16 bits per heavy atom. The van der Waals surface area contributed by atoms with Crippen molar-refractivity contribution in [2.24, 2.45) is 0 Å². The second-order valence-corrected chi connectivity index (χ2v) is 5.96. The molecule has 1 saturated heterocycles. The second kappa shape index (κ2) is 5.33. The first-order valence-electron chi connectivity index (χ1n) is 6.91. The Balaban J connectivity index is 2.18. The molecule has 1 aromatic rings. The minimum Gasteiger partial charge on any atom is -0.372 e. The Morgan fingerprint density at radius 2 is 1.68 bits per heavy atom. The fourth-order valence-corrected chi connectivity index (χ4v) is 2.72. The maximum absolute atomic E-state index is 12.8. The number of benzene rings is 1. The standard InChI is InChI=1S/C16H23NO2/c1-12-10-17(11-13(2)19-12)15(18)16(3,4)14-8-6-5-7-9-14/h5-9,12-13H,10-11H2,1-4H3. The van der Waals surface area contributed by atoms with Gasteiger partial charge in [-0.1, -0.05) is 30.3 Å². The lowest BCUT2D eigenvalue weighted by Crippen LogP contribution is -2.53. The monoisotopic (exact) mass is 261 g/mol. The van der Waals surface area contributed by atoms with Crippen molar-refractivity contribution in [2.75, 3.05) is 13.1 Å². The molecule has 1 heterocycles. The van der Waals surface area contributed by atoms with Crippen molar-refractivity contribution < 1.29 is 9.53 Å². The molecule has 19 heavy (non-hydrogen) atoms. The Kier molecular flexibility index (Phi) is 3.95. The van der Waals surface area contributed by atoms with Gasteiger partial charge in [-0.05, 0) is 33.3 Å². The summed E-state index contributed by atoms with van der Waals surface area (Å²) in [6.07, 6.45) is 0.221. The van der Waals surface area contributed by atoms with Crippen molar-refractivity contribution in [3.63, 3.8) is 0 Å².